The van der Waals surface area contributed by atoms with Crippen LogP contribution in [0.1, 0.15) is 41.7 Å². The Balaban J connectivity index is 1.55. The van der Waals surface area contributed by atoms with E-state index in [2.05, 4.69) is 4.98 Å². The number of hydrogen-bond acceptors (Lipinski definition) is 2. The zero-order valence-corrected chi connectivity index (χ0v) is 12.9. The molecule has 0 spiro atoms. The smallest absolute Gasteiger partial charge is 0.256 e. The number of carbonyl (C=O) groups is 1. The number of fused-ring (bicyclic) bond motifs is 1. The molecule has 4 heteroatoms. The van der Waals surface area contributed by atoms with Crippen LogP contribution in [0, 0.1) is 12.8 Å². The van der Waals surface area contributed by atoms with E-state index in [-0.39, 0.29) is 5.91 Å². The quantitative estimate of drug-likeness (QED) is 0.895. The number of aromatic amines is 1. The van der Waals surface area contributed by atoms with Crippen LogP contribution in [0.2, 0.25) is 0 Å². The number of benzene rings is 1. The van der Waals surface area contributed by atoms with Gasteiger partial charge in [0.15, 0.2) is 0 Å². The minimum atomic E-state index is -0.411. The molecule has 1 aromatic carbocycles. The van der Waals surface area contributed by atoms with E-state index >= 15 is 0 Å². The minimum absolute atomic E-state index is 0.121. The Hall–Kier alpha value is -1.81. The molecule has 116 valence electrons. The number of aliphatic hydroxyl groups is 1. The van der Waals surface area contributed by atoms with E-state index in [4.69, 9.17) is 0 Å². The van der Waals surface area contributed by atoms with Crippen molar-refractivity contribution in [1.82, 2.24) is 9.88 Å². The number of aromatic nitrogens is 1. The van der Waals surface area contributed by atoms with Crippen LogP contribution >= 0.6 is 0 Å². The maximum absolute atomic E-state index is 12.9. The van der Waals surface area contributed by atoms with Crippen LogP contribution in [0.25, 0.3) is 10.9 Å². The summed E-state index contributed by atoms with van der Waals surface area (Å²) in [5, 5.41) is 11.2. The molecule has 1 aromatic heterocycles. The molecule has 0 radical (unpaired) electrons. The monoisotopic (exact) mass is 298 g/mol. The third-order valence-corrected chi connectivity index (χ3v) is 5.41. The molecule has 1 saturated heterocycles. The Labute approximate surface area is 130 Å². The number of amides is 1. The van der Waals surface area contributed by atoms with Gasteiger partial charge in [0.1, 0.15) is 0 Å². The molecule has 1 amide bonds. The Morgan fingerprint density at radius 2 is 1.95 bits per heavy atom. The van der Waals surface area contributed by atoms with Crippen LogP contribution in [0.5, 0.6) is 0 Å². The lowest BCUT2D eigenvalue weighted by atomic mass is 9.89. The predicted octanol–water partition coefficient (Wildman–Crippen LogP) is 2.85. The van der Waals surface area contributed by atoms with Gasteiger partial charge in [0.2, 0.25) is 0 Å². The predicted molar refractivity (Wildman–Crippen MR) is 85.8 cm³/mol. The van der Waals surface area contributed by atoms with Crippen LogP contribution in [-0.4, -0.2) is 39.6 Å². The van der Waals surface area contributed by atoms with Crippen molar-refractivity contribution in [3.63, 3.8) is 0 Å². The first-order valence-corrected chi connectivity index (χ1v) is 8.17. The Morgan fingerprint density at radius 1 is 1.27 bits per heavy atom. The third-order valence-electron chi connectivity index (χ3n) is 5.41. The van der Waals surface area contributed by atoms with Crippen LogP contribution in [0.4, 0.5) is 0 Å². The lowest BCUT2D eigenvalue weighted by molar-refractivity contribution is 0.0341. The van der Waals surface area contributed by atoms with Gasteiger partial charge in [-0.1, -0.05) is 18.2 Å². The summed E-state index contributed by atoms with van der Waals surface area (Å²) in [4.78, 5) is 18.2. The van der Waals surface area contributed by atoms with Crippen molar-refractivity contribution in [2.45, 2.75) is 38.2 Å². The average molecular weight is 298 g/mol. The number of hydrogen-bond donors (Lipinski definition) is 2. The summed E-state index contributed by atoms with van der Waals surface area (Å²) in [6, 6.07) is 7.97. The fraction of sp³-hybridized carbons (Fsp3) is 0.500. The van der Waals surface area contributed by atoms with Crippen molar-refractivity contribution in [3.8, 4) is 0 Å². The van der Waals surface area contributed by atoms with E-state index in [0.717, 1.165) is 60.9 Å². The fourth-order valence-electron chi connectivity index (χ4n) is 3.87. The van der Waals surface area contributed by atoms with Crippen LogP contribution in [-0.2, 0) is 0 Å². The third kappa shape index (κ3) is 2.13. The van der Waals surface area contributed by atoms with Crippen molar-refractivity contribution in [3.05, 3.63) is 35.5 Å². The molecule has 2 N–H and O–H groups in total. The second kappa shape index (κ2) is 4.85. The van der Waals surface area contributed by atoms with E-state index < -0.39 is 5.60 Å². The van der Waals surface area contributed by atoms with Gasteiger partial charge in [-0.05, 0) is 44.6 Å². The van der Waals surface area contributed by atoms with Gasteiger partial charge in [-0.2, -0.15) is 0 Å². The first kappa shape index (κ1) is 13.8. The molecule has 1 aliphatic carbocycles. The first-order valence-electron chi connectivity index (χ1n) is 8.17. The van der Waals surface area contributed by atoms with Crippen LogP contribution < -0.4 is 0 Å². The molecule has 0 unspecified atom stereocenters. The zero-order valence-electron chi connectivity index (χ0n) is 12.9. The summed E-state index contributed by atoms with van der Waals surface area (Å²) in [7, 11) is 0. The highest BCUT2D eigenvalue weighted by Gasteiger charge is 2.48. The molecule has 1 aliphatic heterocycles. The Morgan fingerprint density at radius 3 is 2.64 bits per heavy atom. The van der Waals surface area contributed by atoms with Gasteiger partial charge in [-0.15, -0.1) is 0 Å². The number of H-pyrrole nitrogens is 1. The molecule has 4 rings (SSSR count). The van der Waals surface area contributed by atoms with Gasteiger partial charge >= 0.3 is 0 Å². The Bertz CT molecular complexity index is 722. The summed E-state index contributed by atoms with van der Waals surface area (Å²) in [5.74, 6) is 0.497. The second-order valence-electron chi connectivity index (χ2n) is 6.84. The molecular formula is C18H22N2O2. The molecule has 4 nitrogen and oxygen atoms in total. The van der Waals surface area contributed by atoms with Crippen molar-refractivity contribution in [2.75, 3.05) is 13.1 Å². The standard InChI is InChI=1S/C18H22N2O2/c1-12-16(14-4-2-3-5-15(14)19-12)17(21)20-10-6-13(7-11-20)18(22)8-9-18/h2-5,13,19,22H,6-11H2,1H3. The van der Waals surface area contributed by atoms with Crippen molar-refractivity contribution in [2.24, 2.45) is 5.92 Å². The maximum atomic E-state index is 12.9. The molecule has 0 bridgehead atoms. The first-order chi connectivity index (χ1) is 10.6. The summed E-state index contributed by atoms with van der Waals surface area (Å²) in [5.41, 5.74) is 2.35. The largest absolute Gasteiger partial charge is 0.390 e. The number of nitrogens with one attached hydrogen (secondary N) is 1. The normalized spacial score (nSPS) is 21.3. The highest BCUT2D eigenvalue weighted by atomic mass is 16.3. The molecule has 2 fully saturated rings. The maximum Gasteiger partial charge on any atom is 0.256 e. The Kier molecular flexibility index (Phi) is 3.05. The summed E-state index contributed by atoms with van der Waals surface area (Å²) >= 11 is 0. The fourth-order valence-corrected chi connectivity index (χ4v) is 3.87. The van der Waals surface area contributed by atoms with E-state index in [1.54, 1.807) is 0 Å². The van der Waals surface area contributed by atoms with E-state index in [1.807, 2.05) is 36.1 Å². The number of carbonyl (C=O) groups excluding carboxylic acids is 1. The van der Waals surface area contributed by atoms with Gasteiger partial charge in [0.05, 0.1) is 11.2 Å². The highest BCUT2D eigenvalue weighted by molar-refractivity contribution is 6.08. The number of para-hydroxylation sites is 1. The molecule has 2 aromatic rings. The topological polar surface area (TPSA) is 56.3 Å². The second-order valence-corrected chi connectivity index (χ2v) is 6.84. The van der Waals surface area contributed by atoms with E-state index in [9.17, 15) is 9.90 Å². The van der Waals surface area contributed by atoms with Gasteiger partial charge < -0.3 is 15.0 Å². The average Bonchev–Trinajstić information content (AvgIpc) is 3.19. The van der Waals surface area contributed by atoms with Crippen LogP contribution in [0.3, 0.4) is 0 Å². The van der Waals surface area contributed by atoms with Crippen molar-refractivity contribution in [1.29, 1.82) is 0 Å². The minimum Gasteiger partial charge on any atom is -0.390 e. The molecule has 2 heterocycles. The molecule has 22 heavy (non-hydrogen) atoms. The number of nitrogens with zero attached hydrogens (tertiary/aromatic N) is 1. The number of piperidine rings is 1. The van der Waals surface area contributed by atoms with Crippen molar-refractivity contribution >= 4 is 16.8 Å². The van der Waals surface area contributed by atoms with Crippen LogP contribution in [0.15, 0.2) is 24.3 Å². The highest BCUT2D eigenvalue weighted by Crippen LogP contribution is 2.46. The number of rotatable bonds is 2. The van der Waals surface area contributed by atoms with Gasteiger partial charge in [0.25, 0.3) is 5.91 Å². The lowest BCUT2D eigenvalue weighted by Gasteiger charge is -2.34. The van der Waals surface area contributed by atoms with Gasteiger partial charge in [-0.3, -0.25) is 4.79 Å². The summed E-state index contributed by atoms with van der Waals surface area (Å²) in [6.45, 7) is 3.47. The molecule has 2 aliphatic rings. The number of aryl methyl sites for hydroxylation is 1. The van der Waals surface area contributed by atoms with Crippen molar-refractivity contribution < 1.29 is 9.90 Å². The number of likely N-dealkylation sites (tertiary alicyclic amines) is 1. The van der Waals surface area contributed by atoms with Gasteiger partial charge in [0, 0.05) is 29.7 Å². The SMILES string of the molecule is Cc1[nH]c2ccccc2c1C(=O)N1CCC(C2(O)CC2)CC1. The van der Waals surface area contributed by atoms with E-state index in [1.165, 1.54) is 0 Å². The zero-order chi connectivity index (χ0) is 15.3. The van der Waals surface area contributed by atoms with E-state index in [0.29, 0.717) is 5.92 Å². The van der Waals surface area contributed by atoms with Gasteiger partial charge in [-0.25, -0.2) is 0 Å². The lowest BCUT2D eigenvalue weighted by Crippen LogP contribution is -2.42. The molecule has 0 atom stereocenters. The molecular weight excluding hydrogens is 276 g/mol. The summed E-state index contributed by atoms with van der Waals surface area (Å²) in [6.07, 6.45) is 3.72. The molecule has 1 saturated carbocycles. The summed E-state index contributed by atoms with van der Waals surface area (Å²) < 4.78 is 0.